The van der Waals surface area contributed by atoms with Crippen molar-refractivity contribution >= 4 is 34.6 Å². The Morgan fingerprint density at radius 1 is 1.41 bits per heavy atom. The lowest BCUT2D eigenvalue weighted by Crippen LogP contribution is -2.39. The molecule has 1 aromatic carbocycles. The molecular formula is C16H17ClN2O2S. The first-order valence-electron chi connectivity index (χ1n) is 7.04. The Morgan fingerprint density at radius 3 is 2.82 bits per heavy atom. The van der Waals surface area contributed by atoms with Crippen molar-refractivity contribution in [3.05, 3.63) is 40.4 Å². The summed E-state index contributed by atoms with van der Waals surface area (Å²) in [5.41, 5.74) is 0.869. The molecule has 0 saturated heterocycles. The fourth-order valence-corrected chi connectivity index (χ4v) is 3.04. The van der Waals surface area contributed by atoms with Crippen LogP contribution in [0.25, 0.3) is 10.6 Å². The zero-order chi connectivity index (χ0) is 16.1. The van der Waals surface area contributed by atoms with Crippen LogP contribution in [0.15, 0.2) is 30.5 Å². The SMILES string of the molecule is CCCC(NC(=O)c1cnc(-c2cccc(Cl)c2)s1)C(C)=O. The number of nitrogens with zero attached hydrogens (tertiary/aromatic N) is 1. The van der Waals surface area contributed by atoms with Gasteiger partial charge in [0.2, 0.25) is 0 Å². The van der Waals surface area contributed by atoms with Crippen LogP contribution in [0.4, 0.5) is 0 Å². The third kappa shape index (κ3) is 4.15. The number of benzene rings is 1. The summed E-state index contributed by atoms with van der Waals surface area (Å²) < 4.78 is 0. The summed E-state index contributed by atoms with van der Waals surface area (Å²) in [6.45, 7) is 3.47. The van der Waals surface area contributed by atoms with Crippen molar-refractivity contribution in [2.45, 2.75) is 32.7 Å². The molecule has 116 valence electrons. The number of ketones is 1. The van der Waals surface area contributed by atoms with Gasteiger partial charge in [0, 0.05) is 10.6 Å². The van der Waals surface area contributed by atoms with Crippen molar-refractivity contribution < 1.29 is 9.59 Å². The standard InChI is InChI=1S/C16H17ClN2O2S/c1-3-5-13(10(2)20)19-15(21)14-9-18-16(22-14)11-6-4-7-12(17)8-11/h4,6-9,13H,3,5H2,1-2H3,(H,19,21). The molecule has 0 fully saturated rings. The monoisotopic (exact) mass is 336 g/mol. The minimum Gasteiger partial charge on any atom is -0.341 e. The van der Waals surface area contributed by atoms with Gasteiger partial charge >= 0.3 is 0 Å². The minimum absolute atomic E-state index is 0.0326. The van der Waals surface area contributed by atoms with E-state index in [9.17, 15) is 9.59 Å². The van der Waals surface area contributed by atoms with E-state index in [-0.39, 0.29) is 11.7 Å². The van der Waals surface area contributed by atoms with E-state index in [2.05, 4.69) is 10.3 Å². The molecule has 22 heavy (non-hydrogen) atoms. The summed E-state index contributed by atoms with van der Waals surface area (Å²) in [6.07, 6.45) is 3.00. The Hall–Kier alpha value is -1.72. The van der Waals surface area contributed by atoms with Gasteiger partial charge in [0.05, 0.1) is 12.2 Å². The van der Waals surface area contributed by atoms with Gasteiger partial charge in [0.25, 0.3) is 5.91 Å². The highest BCUT2D eigenvalue weighted by Gasteiger charge is 2.19. The van der Waals surface area contributed by atoms with Gasteiger partial charge in [0.1, 0.15) is 9.88 Å². The quantitative estimate of drug-likeness (QED) is 0.868. The molecule has 0 bridgehead atoms. The molecule has 1 amide bonds. The van der Waals surface area contributed by atoms with Crippen LogP contribution in [0, 0.1) is 0 Å². The molecule has 0 radical (unpaired) electrons. The highest BCUT2D eigenvalue weighted by molar-refractivity contribution is 7.16. The average molecular weight is 337 g/mol. The average Bonchev–Trinajstić information content (AvgIpc) is 2.96. The highest BCUT2D eigenvalue weighted by Crippen LogP contribution is 2.27. The van der Waals surface area contributed by atoms with Crippen LogP contribution in [0.3, 0.4) is 0 Å². The maximum atomic E-state index is 12.2. The van der Waals surface area contributed by atoms with Crippen LogP contribution in [-0.4, -0.2) is 22.7 Å². The second kappa shape index (κ2) is 7.51. The number of halogens is 1. The number of nitrogens with one attached hydrogen (secondary N) is 1. The topological polar surface area (TPSA) is 59.1 Å². The number of carbonyl (C=O) groups excluding carboxylic acids is 2. The van der Waals surface area contributed by atoms with E-state index in [1.807, 2.05) is 19.1 Å². The molecule has 1 heterocycles. The molecule has 0 aliphatic rings. The Kier molecular flexibility index (Phi) is 5.69. The molecule has 1 aromatic heterocycles. The molecule has 0 saturated carbocycles. The third-order valence-corrected chi connectivity index (χ3v) is 4.45. The maximum Gasteiger partial charge on any atom is 0.263 e. The molecule has 0 aliphatic carbocycles. The van der Waals surface area contributed by atoms with Gasteiger partial charge in [0.15, 0.2) is 5.78 Å². The van der Waals surface area contributed by atoms with Crippen molar-refractivity contribution in [1.29, 1.82) is 0 Å². The minimum atomic E-state index is -0.436. The summed E-state index contributed by atoms with van der Waals surface area (Å²) in [6, 6.07) is 6.88. The van der Waals surface area contributed by atoms with Gasteiger partial charge in [-0.1, -0.05) is 37.1 Å². The lowest BCUT2D eigenvalue weighted by Gasteiger charge is -2.13. The number of carbonyl (C=O) groups is 2. The maximum absolute atomic E-state index is 12.2. The zero-order valence-corrected chi connectivity index (χ0v) is 14.0. The number of rotatable bonds is 6. The summed E-state index contributed by atoms with van der Waals surface area (Å²) >= 11 is 7.24. The number of aromatic nitrogens is 1. The number of Topliss-reactive ketones (excluding diaryl/α,β-unsaturated/α-hetero) is 1. The first-order valence-corrected chi connectivity index (χ1v) is 8.23. The van der Waals surface area contributed by atoms with Crippen LogP contribution in [-0.2, 0) is 4.79 Å². The summed E-state index contributed by atoms with van der Waals surface area (Å²) in [4.78, 5) is 28.5. The van der Waals surface area contributed by atoms with Crippen LogP contribution in [0.1, 0.15) is 36.4 Å². The Morgan fingerprint density at radius 2 is 2.18 bits per heavy atom. The van der Waals surface area contributed by atoms with E-state index < -0.39 is 6.04 Å². The molecule has 1 atom stereocenters. The van der Waals surface area contributed by atoms with E-state index in [0.717, 1.165) is 17.0 Å². The van der Waals surface area contributed by atoms with E-state index in [0.29, 0.717) is 16.3 Å². The largest absolute Gasteiger partial charge is 0.341 e. The summed E-state index contributed by atoms with van der Waals surface area (Å²) in [7, 11) is 0. The lowest BCUT2D eigenvalue weighted by molar-refractivity contribution is -0.118. The van der Waals surface area contributed by atoms with Crippen LogP contribution in [0.5, 0.6) is 0 Å². The van der Waals surface area contributed by atoms with Gasteiger partial charge in [-0.25, -0.2) is 4.98 Å². The molecule has 2 aromatic rings. The van der Waals surface area contributed by atoms with Crippen molar-refractivity contribution in [3.8, 4) is 10.6 Å². The molecule has 1 N–H and O–H groups in total. The van der Waals surface area contributed by atoms with Gasteiger partial charge in [-0.15, -0.1) is 11.3 Å². The molecule has 6 heteroatoms. The number of amides is 1. The van der Waals surface area contributed by atoms with Gasteiger partial charge in [-0.05, 0) is 25.5 Å². The van der Waals surface area contributed by atoms with Crippen LogP contribution >= 0.6 is 22.9 Å². The highest BCUT2D eigenvalue weighted by atomic mass is 35.5. The zero-order valence-electron chi connectivity index (χ0n) is 12.4. The molecule has 0 aliphatic heterocycles. The molecule has 1 unspecified atom stereocenters. The Labute approximate surface area is 138 Å². The Balaban J connectivity index is 2.13. The molecule has 0 spiro atoms. The van der Waals surface area contributed by atoms with E-state index in [1.54, 1.807) is 12.1 Å². The van der Waals surface area contributed by atoms with Crippen LogP contribution < -0.4 is 5.32 Å². The van der Waals surface area contributed by atoms with E-state index in [1.165, 1.54) is 24.5 Å². The normalized spacial score (nSPS) is 12.0. The molecule has 4 nitrogen and oxygen atoms in total. The molecule has 2 rings (SSSR count). The summed E-state index contributed by atoms with van der Waals surface area (Å²) in [5.74, 6) is -0.297. The smallest absolute Gasteiger partial charge is 0.263 e. The fourth-order valence-electron chi connectivity index (χ4n) is 2.03. The predicted molar refractivity (Wildman–Crippen MR) is 89.4 cm³/mol. The van der Waals surface area contributed by atoms with E-state index in [4.69, 9.17) is 11.6 Å². The lowest BCUT2D eigenvalue weighted by atomic mass is 10.1. The first kappa shape index (κ1) is 16.6. The van der Waals surface area contributed by atoms with Crippen molar-refractivity contribution in [1.82, 2.24) is 10.3 Å². The number of thiazole rings is 1. The van der Waals surface area contributed by atoms with Crippen molar-refractivity contribution in [2.24, 2.45) is 0 Å². The van der Waals surface area contributed by atoms with E-state index >= 15 is 0 Å². The van der Waals surface area contributed by atoms with Crippen molar-refractivity contribution in [3.63, 3.8) is 0 Å². The second-order valence-corrected chi connectivity index (χ2v) is 6.43. The van der Waals surface area contributed by atoms with Crippen LogP contribution in [0.2, 0.25) is 5.02 Å². The van der Waals surface area contributed by atoms with Gasteiger partial charge < -0.3 is 5.32 Å². The fraction of sp³-hybridized carbons (Fsp3) is 0.312. The van der Waals surface area contributed by atoms with Gasteiger partial charge in [-0.2, -0.15) is 0 Å². The van der Waals surface area contributed by atoms with Gasteiger partial charge in [-0.3, -0.25) is 9.59 Å². The summed E-state index contributed by atoms with van der Waals surface area (Å²) in [5, 5.41) is 4.11. The second-order valence-electron chi connectivity index (χ2n) is 4.97. The number of hydrogen-bond acceptors (Lipinski definition) is 4. The Bertz CT molecular complexity index is 684. The number of hydrogen-bond donors (Lipinski definition) is 1. The third-order valence-electron chi connectivity index (χ3n) is 3.17. The first-order chi connectivity index (χ1) is 10.5. The van der Waals surface area contributed by atoms with Crippen molar-refractivity contribution in [2.75, 3.05) is 0 Å². The molecular weight excluding hydrogens is 320 g/mol. The predicted octanol–water partition coefficient (Wildman–Crippen LogP) is 3.95.